The predicted octanol–water partition coefficient (Wildman–Crippen LogP) is 4.53. The molecule has 3 N–H and O–H groups in total. The number of benzene rings is 2. The summed E-state index contributed by atoms with van der Waals surface area (Å²) in [6.45, 7) is 0. The van der Waals surface area contributed by atoms with Crippen LogP contribution in [0.25, 0.3) is 11.3 Å². The Labute approximate surface area is 162 Å². The van der Waals surface area contributed by atoms with Crippen molar-refractivity contribution < 1.29 is 4.74 Å². The topological polar surface area (TPSA) is 87.7 Å². The van der Waals surface area contributed by atoms with Gasteiger partial charge in [0.05, 0.1) is 16.8 Å². The third-order valence-electron chi connectivity index (χ3n) is 4.76. The molecule has 6 heteroatoms. The van der Waals surface area contributed by atoms with Gasteiger partial charge in [0, 0.05) is 16.5 Å². The van der Waals surface area contributed by atoms with Crippen LogP contribution in [0.3, 0.4) is 0 Å². The standard InChI is InChI=1S/C21H17ClN4O/c22-15-9-7-14(8-10-15)19-18-16(11-6-13-4-2-1-3-5-13)17(12-23)20(24)27-21(18)26-25-19/h1-5,7-10,16H,6,11,24H2,(H,25,26)/t16-/m0/s1. The van der Waals surface area contributed by atoms with Crippen LogP contribution in [0.4, 0.5) is 0 Å². The minimum Gasteiger partial charge on any atom is -0.420 e. The van der Waals surface area contributed by atoms with Crippen LogP contribution >= 0.6 is 11.6 Å². The number of hydrogen-bond donors (Lipinski definition) is 2. The highest BCUT2D eigenvalue weighted by molar-refractivity contribution is 6.30. The lowest BCUT2D eigenvalue weighted by Crippen LogP contribution is -2.20. The predicted molar refractivity (Wildman–Crippen MR) is 104 cm³/mol. The summed E-state index contributed by atoms with van der Waals surface area (Å²) in [4.78, 5) is 0. The first-order chi connectivity index (χ1) is 13.2. The van der Waals surface area contributed by atoms with Crippen LogP contribution in [0, 0.1) is 11.3 Å². The maximum Gasteiger partial charge on any atom is 0.244 e. The quantitative estimate of drug-likeness (QED) is 0.700. The first-order valence-electron chi connectivity index (χ1n) is 8.63. The molecular weight excluding hydrogens is 360 g/mol. The number of nitrogens with zero attached hydrogens (tertiary/aromatic N) is 2. The van der Waals surface area contributed by atoms with E-state index in [-0.39, 0.29) is 11.8 Å². The maximum absolute atomic E-state index is 9.67. The zero-order valence-corrected chi connectivity index (χ0v) is 15.2. The van der Waals surface area contributed by atoms with Crippen LogP contribution in [-0.2, 0) is 6.42 Å². The number of halogens is 1. The number of hydrogen-bond acceptors (Lipinski definition) is 4. The number of H-pyrrole nitrogens is 1. The van der Waals surface area contributed by atoms with Crippen LogP contribution in [0.1, 0.15) is 23.5 Å². The smallest absolute Gasteiger partial charge is 0.244 e. The normalized spacial score (nSPS) is 15.8. The van der Waals surface area contributed by atoms with Crippen LogP contribution in [0.15, 0.2) is 66.1 Å². The summed E-state index contributed by atoms with van der Waals surface area (Å²) in [5, 5.41) is 17.6. The van der Waals surface area contributed by atoms with Crippen molar-refractivity contribution in [2.24, 2.45) is 5.73 Å². The number of aromatic amines is 1. The van der Waals surface area contributed by atoms with E-state index in [0.29, 0.717) is 16.5 Å². The lowest BCUT2D eigenvalue weighted by atomic mass is 9.84. The molecule has 1 aliphatic heterocycles. The fourth-order valence-corrected chi connectivity index (χ4v) is 3.55. The number of ether oxygens (including phenoxy) is 1. The number of nitrogens with two attached hydrogens (primary N) is 1. The summed E-state index contributed by atoms with van der Waals surface area (Å²) in [5.74, 6) is 0.357. The van der Waals surface area contributed by atoms with E-state index >= 15 is 0 Å². The Morgan fingerprint density at radius 2 is 1.89 bits per heavy atom. The molecule has 0 unspecified atom stereocenters. The molecule has 0 amide bonds. The van der Waals surface area contributed by atoms with Crippen LogP contribution in [-0.4, -0.2) is 10.2 Å². The molecule has 27 heavy (non-hydrogen) atoms. The largest absolute Gasteiger partial charge is 0.420 e. The fourth-order valence-electron chi connectivity index (χ4n) is 3.42. The van der Waals surface area contributed by atoms with Gasteiger partial charge in [-0.05, 0) is 30.5 Å². The van der Waals surface area contributed by atoms with E-state index in [9.17, 15) is 5.26 Å². The van der Waals surface area contributed by atoms with Crippen molar-refractivity contribution in [1.29, 1.82) is 5.26 Å². The molecule has 0 saturated heterocycles. The van der Waals surface area contributed by atoms with Crippen LogP contribution in [0.5, 0.6) is 5.88 Å². The highest BCUT2D eigenvalue weighted by atomic mass is 35.5. The van der Waals surface area contributed by atoms with E-state index in [1.807, 2.05) is 42.5 Å². The molecule has 0 spiro atoms. The monoisotopic (exact) mass is 376 g/mol. The van der Waals surface area contributed by atoms with E-state index in [4.69, 9.17) is 22.1 Å². The Hall–Kier alpha value is -3.23. The van der Waals surface area contributed by atoms with Crippen LogP contribution < -0.4 is 10.5 Å². The summed E-state index contributed by atoms with van der Waals surface area (Å²) < 4.78 is 5.61. The number of nitriles is 1. The summed E-state index contributed by atoms with van der Waals surface area (Å²) in [5.41, 5.74) is 10.3. The number of aryl methyl sites for hydroxylation is 1. The van der Waals surface area contributed by atoms with Crippen molar-refractivity contribution >= 4 is 11.6 Å². The third kappa shape index (κ3) is 3.27. The number of fused-ring (bicyclic) bond motifs is 1. The van der Waals surface area contributed by atoms with Gasteiger partial charge in [0.2, 0.25) is 11.8 Å². The molecule has 0 aliphatic carbocycles. The SMILES string of the molecule is N#CC1=C(N)Oc2n[nH]c(-c3ccc(Cl)cc3)c2[C@H]1CCc1ccccc1. The van der Waals surface area contributed by atoms with Gasteiger partial charge in [-0.2, -0.15) is 5.26 Å². The molecule has 1 aliphatic rings. The second-order valence-corrected chi connectivity index (χ2v) is 6.83. The lowest BCUT2D eigenvalue weighted by molar-refractivity contribution is 0.371. The highest BCUT2D eigenvalue weighted by Gasteiger charge is 2.34. The Balaban J connectivity index is 1.74. The van der Waals surface area contributed by atoms with Gasteiger partial charge < -0.3 is 10.5 Å². The summed E-state index contributed by atoms with van der Waals surface area (Å²) in [7, 11) is 0. The van der Waals surface area contributed by atoms with Crippen molar-refractivity contribution in [3.63, 3.8) is 0 Å². The molecule has 134 valence electrons. The molecule has 4 rings (SSSR count). The van der Waals surface area contributed by atoms with E-state index in [0.717, 1.165) is 29.7 Å². The number of aromatic nitrogens is 2. The van der Waals surface area contributed by atoms with Gasteiger partial charge in [-0.3, -0.25) is 5.10 Å². The fraction of sp³-hybridized carbons (Fsp3) is 0.143. The minimum atomic E-state index is -0.191. The number of allylic oxidation sites excluding steroid dienone is 1. The van der Waals surface area contributed by atoms with Gasteiger partial charge >= 0.3 is 0 Å². The van der Waals surface area contributed by atoms with Crippen molar-refractivity contribution in [1.82, 2.24) is 10.2 Å². The Morgan fingerprint density at radius 1 is 1.15 bits per heavy atom. The van der Waals surface area contributed by atoms with Gasteiger partial charge in [-0.25, -0.2) is 0 Å². The summed E-state index contributed by atoms with van der Waals surface area (Å²) in [6, 6.07) is 19.9. The molecule has 0 bridgehead atoms. The first kappa shape index (κ1) is 17.2. The highest BCUT2D eigenvalue weighted by Crippen LogP contribution is 2.44. The zero-order valence-electron chi connectivity index (χ0n) is 14.4. The van der Waals surface area contributed by atoms with E-state index in [1.165, 1.54) is 5.56 Å². The van der Waals surface area contributed by atoms with Gasteiger partial charge in [-0.1, -0.05) is 54.1 Å². The average Bonchev–Trinajstić information content (AvgIpc) is 3.10. The van der Waals surface area contributed by atoms with Crippen molar-refractivity contribution in [2.45, 2.75) is 18.8 Å². The van der Waals surface area contributed by atoms with Gasteiger partial charge in [0.1, 0.15) is 6.07 Å². The zero-order chi connectivity index (χ0) is 18.8. The summed E-state index contributed by atoms with van der Waals surface area (Å²) in [6.07, 6.45) is 1.54. The van der Waals surface area contributed by atoms with E-state index in [1.54, 1.807) is 0 Å². The molecule has 0 fully saturated rings. The van der Waals surface area contributed by atoms with E-state index < -0.39 is 0 Å². The van der Waals surface area contributed by atoms with Crippen molar-refractivity contribution in [2.75, 3.05) is 0 Å². The maximum atomic E-state index is 9.67. The average molecular weight is 377 g/mol. The van der Waals surface area contributed by atoms with Crippen molar-refractivity contribution in [3.8, 4) is 23.2 Å². The molecule has 2 heterocycles. The third-order valence-corrected chi connectivity index (χ3v) is 5.01. The molecule has 2 aromatic carbocycles. The number of nitrogens with one attached hydrogen (secondary N) is 1. The molecule has 0 saturated carbocycles. The lowest BCUT2D eigenvalue weighted by Gasteiger charge is -2.23. The number of rotatable bonds is 4. The second-order valence-electron chi connectivity index (χ2n) is 6.39. The van der Waals surface area contributed by atoms with Crippen molar-refractivity contribution in [3.05, 3.63) is 82.2 Å². The molecule has 0 radical (unpaired) electrons. The van der Waals surface area contributed by atoms with Gasteiger partial charge in [0.25, 0.3) is 0 Å². The Morgan fingerprint density at radius 3 is 2.59 bits per heavy atom. The summed E-state index contributed by atoms with van der Waals surface area (Å²) >= 11 is 6.01. The molecule has 1 atom stereocenters. The first-order valence-corrected chi connectivity index (χ1v) is 9.01. The molecule has 1 aromatic heterocycles. The molecular formula is C21H17ClN4O. The minimum absolute atomic E-state index is 0.122. The van der Waals surface area contributed by atoms with Crippen LogP contribution in [0.2, 0.25) is 5.02 Å². The Kier molecular flexibility index (Phi) is 4.57. The van der Waals surface area contributed by atoms with E-state index in [2.05, 4.69) is 28.4 Å². The Bertz CT molecular complexity index is 1030. The van der Waals surface area contributed by atoms with Gasteiger partial charge in [-0.15, -0.1) is 5.10 Å². The second kappa shape index (κ2) is 7.18. The molecule has 3 aromatic rings. The van der Waals surface area contributed by atoms with Gasteiger partial charge in [0.15, 0.2) is 0 Å². The molecule has 5 nitrogen and oxygen atoms in total.